The number of rotatable bonds is 12. The molecule has 1 unspecified atom stereocenters. The van der Waals surface area contributed by atoms with Crippen molar-refractivity contribution in [2.45, 2.75) is 63.1 Å². The van der Waals surface area contributed by atoms with Gasteiger partial charge in [-0.3, -0.25) is 19.2 Å². The molecule has 0 saturated heterocycles. The first kappa shape index (κ1) is 37.6. The maximum atomic E-state index is 10.7. The van der Waals surface area contributed by atoms with Gasteiger partial charge >= 0.3 is 35.8 Å². The molecule has 194 valence electrons. The van der Waals surface area contributed by atoms with E-state index < -0.39 is 72.7 Å². The Kier molecular flexibility index (Phi) is 21.4. The molecule has 0 aliphatic heterocycles. The van der Waals surface area contributed by atoms with E-state index in [2.05, 4.69) is 18.6 Å². The van der Waals surface area contributed by atoms with Crippen LogP contribution in [0.1, 0.15) is 51.9 Å². The first-order chi connectivity index (χ1) is 14.5. The van der Waals surface area contributed by atoms with Gasteiger partial charge in [-0.25, -0.2) is 9.59 Å². The Hall–Kier alpha value is -2.74. The van der Waals surface area contributed by atoms with Crippen LogP contribution in [0.25, 0.3) is 0 Å². The molecule has 0 aromatic rings. The van der Waals surface area contributed by atoms with E-state index in [-0.39, 0.29) is 17.1 Å². The fraction of sp³-hybridized carbons (Fsp3) is 0.611. The fourth-order valence-electron chi connectivity index (χ4n) is 1.74. The minimum absolute atomic E-state index is 0. The van der Waals surface area contributed by atoms with Gasteiger partial charge in [0.2, 0.25) is 0 Å². The summed E-state index contributed by atoms with van der Waals surface area (Å²) < 4.78 is 4.12. The molecule has 0 aromatic heterocycles. The number of carboxylic acids is 5. The smallest absolute Gasteiger partial charge is 0.336 e. The number of hydrogen-bond acceptors (Lipinski definition) is 9. The van der Waals surface area contributed by atoms with E-state index in [9.17, 15) is 33.9 Å². The number of aliphatic hydroxyl groups is 2. The van der Waals surface area contributed by atoms with Crippen LogP contribution in [0.2, 0.25) is 0 Å². The van der Waals surface area contributed by atoms with Crippen LogP contribution in [0, 0.1) is 6.92 Å². The summed E-state index contributed by atoms with van der Waals surface area (Å²) in [7, 11) is 1.01. The van der Waals surface area contributed by atoms with Crippen molar-refractivity contribution in [2.24, 2.45) is 0 Å². The third-order valence-electron chi connectivity index (χ3n) is 3.40. The minimum atomic E-state index is -2.74. The van der Waals surface area contributed by atoms with E-state index >= 15 is 0 Å². The van der Waals surface area contributed by atoms with Gasteiger partial charge in [0.25, 0.3) is 0 Å². The van der Waals surface area contributed by atoms with E-state index in [0.29, 0.717) is 0 Å². The van der Waals surface area contributed by atoms with E-state index in [1.54, 1.807) is 0 Å². The van der Waals surface area contributed by atoms with Gasteiger partial charge < -0.3 is 47.4 Å². The number of unbranched alkanes of at least 4 members (excludes halogenated alkanes) is 2. The third kappa shape index (κ3) is 19.7. The summed E-state index contributed by atoms with van der Waals surface area (Å²) in [5.41, 5.74) is -5.35. The molecule has 0 bridgehead atoms. The van der Waals surface area contributed by atoms with Crippen LogP contribution >= 0.6 is 0 Å². The van der Waals surface area contributed by atoms with E-state index in [0.717, 1.165) is 13.5 Å². The van der Waals surface area contributed by atoms with E-state index in [1.807, 2.05) is 0 Å². The quantitative estimate of drug-likeness (QED) is 0.0972. The summed E-state index contributed by atoms with van der Waals surface area (Å²) in [4.78, 5) is 61.9. The molecule has 1 atom stereocenters. The molecule has 0 spiro atoms. The van der Waals surface area contributed by atoms with Crippen molar-refractivity contribution in [3.05, 3.63) is 6.92 Å². The monoisotopic (exact) mass is 525 g/mol. The van der Waals surface area contributed by atoms with Crippen LogP contribution in [0.15, 0.2) is 0 Å². The Labute approximate surface area is 199 Å². The van der Waals surface area contributed by atoms with Crippen molar-refractivity contribution in [3.63, 3.8) is 0 Å². The molecule has 0 saturated carbocycles. The molecule has 0 aliphatic carbocycles. The Morgan fingerprint density at radius 2 is 1.03 bits per heavy atom. The summed E-state index contributed by atoms with van der Waals surface area (Å²) >= 11 is 0. The molecular formula is C18H29FeO14-. The maximum Gasteiger partial charge on any atom is 0.336 e. The number of esters is 1. The van der Waals surface area contributed by atoms with Gasteiger partial charge in [0.15, 0.2) is 11.2 Å². The number of carbonyl (C=O) groups excluding carboxylic acids is 1. The average Bonchev–Trinajstić information content (AvgIpc) is 2.61. The molecule has 33 heavy (non-hydrogen) atoms. The molecule has 7 N–H and O–H groups in total. The second kappa shape index (κ2) is 18.8. The van der Waals surface area contributed by atoms with Crippen LogP contribution in [-0.4, -0.2) is 89.9 Å². The molecule has 0 rings (SSSR count). The number of hydrogen-bond donors (Lipinski definition) is 7. The van der Waals surface area contributed by atoms with E-state index in [1.165, 1.54) is 12.8 Å². The van der Waals surface area contributed by atoms with Gasteiger partial charge in [0.1, 0.15) is 0 Å². The van der Waals surface area contributed by atoms with Gasteiger partial charge in [-0.1, -0.05) is 19.8 Å². The molecule has 14 nitrogen and oxygen atoms in total. The topological polar surface area (TPSA) is 253 Å². The van der Waals surface area contributed by atoms with Crippen molar-refractivity contribution in [1.29, 1.82) is 0 Å². The second-order valence-electron chi connectivity index (χ2n) is 6.35. The van der Waals surface area contributed by atoms with Crippen molar-refractivity contribution in [3.8, 4) is 0 Å². The molecule has 0 amide bonds. The van der Waals surface area contributed by atoms with Crippen molar-refractivity contribution >= 4 is 35.8 Å². The van der Waals surface area contributed by atoms with Crippen LogP contribution in [-0.2, 0) is 50.6 Å². The van der Waals surface area contributed by atoms with Crippen molar-refractivity contribution < 1.29 is 86.3 Å². The van der Waals surface area contributed by atoms with Gasteiger partial charge in [-0.05, 0) is 0 Å². The summed E-state index contributed by atoms with van der Waals surface area (Å²) in [5, 5.41) is 59.9. The van der Waals surface area contributed by atoms with Crippen molar-refractivity contribution in [1.82, 2.24) is 0 Å². The second-order valence-corrected chi connectivity index (χ2v) is 6.35. The number of carboxylic acid groups (broad SMARTS) is 5. The van der Waals surface area contributed by atoms with Crippen LogP contribution in [0.3, 0.4) is 0 Å². The summed E-state index contributed by atoms with van der Waals surface area (Å²) in [6.45, 7) is 5.85. The first-order valence-corrected chi connectivity index (χ1v) is 8.94. The zero-order chi connectivity index (χ0) is 26.1. The normalized spacial score (nSPS) is 11.5. The Morgan fingerprint density at radius 3 is 1.18 bits per heavy atom. The van der Waals surface area contributed by atoms with Crippen LogP contribution in [0.4, 0.5) is 0 Å². The maximum absolute atomic E-state index is 10.7. The van der Waals surface area contributed by atoms with Gasteiger partial charge in [0.05, 0.1) is 32.8 Å². The van der Waals surface area contributed by atoms with Crippen molar-refractivity contribution in [2.75, 3.05) is 7.11 Å². The predicted molar refractivity (Wildman–Crippen MR) is 103 cm³/mol. The molecular weight excluding hydrogens is 496 g/mol. The third-order valence-corrected chi connectivity index (χ3v) is 3.40. The van der Waals surface area contributed by atoms with Gasteiger partial charge in [-0.2, -0.15) is 6.42 Å². The molecule has 15 heteroatoms. The average molecular weight is 525 g/mol. The molecule has 0 heterocycles. The first-order valence-electron chi connectivity index (χ1n) is 8.94. The Balaban J connectivity index is -0.000000207. The number of carbonyl (C=O) groups is 6. The number of methoxy groups -OCH3 is 1. The zero-order valence-electron chi connectivity index (χ0n) is 18.0. The summed E-state index contributed by atoms with van der Waals surface area (Å²) in [5.74, 6) is -9.30. The molecule has 0 aromatic carbocycles. The number of aliphatic carboxylic acids is 5. The minimum Gasteiger partial charge on any atom is -0.481 e. The van der Waals surface area contributed by atoms with Gasteiger partial charge in [-0.15, -0.1) is 0 Å². The SMILES string of the molecule is COC(=O)CC(O)(CC(=O)O)C(=O)O.O=C(O)CC(O)(CC(=O)O)C(=O)O.[CH2-]CCCC.[Fe]. The summed E-state index contributed by atoms with van der Waals surface area (Å²) in [6.07, 6.45) is -0.591. The molecule has 0 aliphatic rings. The fourth-order valence-corrected chi connectivity index (χ4v) is 1.74. The number of ether oxygens (including phenoxy) is 1. The summed E-state index contributed by atoms with van der Waals surface area (Å²) in [6, 6.07) is 0. The predicted octanol–water partition coefficient (Wildman–Crippen LogP) is -0.400. The Bertz CT molecular complexity index is 645. The molecule has 0 fully saturated rings. The largest absolute Gasteiger partial charge is 0.481 e. The molecule has 0 radical (unpaired) electrons. The zero-order valence-corrected chi connectivity index (χ0v) is 19.1. The standard InChI is InChI=1S/C7H10O7.C6H8O7.C5H11.Fe/c1-14-5(10)3-7(13,6(11)12)2-4(8)9;7-3(8)1-6(13,5(11)12)2-4(9)10;1-3-5-4-2;/h13H,2-3H2,1H3,(H,8,9)(H,11,12);13H,1-2H2,(H,7,8)(H,9,10)(H,11,12);1,3-5H2,2H3;/q;;-1;. The van der Waals surface area contributed by atoms with E-state index in [4.69, 9.17) is 30.6 Å². The Morgan fingerprint density at radius 1 is 0.727 bits per heavy atom. The van der Waals surface area contributed by atoms with Gasteiger partial charge in [0, 0.05) is 17.1 Å². The van der Waals surface area contributed by atoms with Crippen LogP contribution < -0.4 is 0 Å². The van der Waals surface area contributed by atoms with Crippen LogP contribution in [0.5, 0.6) is 0 Å².